The van der Waals surface area contributed by atoms with Crippen LogP contribution in [-0.4, -0.2) is 26.6 Å². The van der Waals surface area contributed by atoms with Gasteiger partial charge in [0.2, 0.25) is 5.91 Å². The molecular weight excluding hydrogens is 378 g/mol. The Morgan fingerprint density at radius 2 is 1.70 bits per heavy atom. The van der Waals surface area contributed by atoms with E-state index in [4.69, 9.17) is 11.0 Å². The minimum atomic E-state index is -0.545. The van der Waals surface area contributed by atoms with Crippen LogP contribution in [0.1, 0.15) is 27.0 Å². The maximum atomic E-state index is 12.6. The summed E-state index contributed by atoms with van der Waals surface area (Å²) in [6, 6.07) is 15.6. The summed E-state index contributed by atoms with van der Waals surface area (Å²) in [7, 11) is 0. The van der Waals surface area contributed by atoms with Crippen molar-refractivity contribution in [3.05, 3.63) is 89.3 Å². The highest BCUT2D eigenvalue weighted by atomic mass is 16.1. The van der Waals surface area contributed by atoms with E-state index in [9.17, 15) is 9.59 Å². The van der Waals surface area contributed by atoms with Gasteiger partial charge in [0.15, 0.2) is 11.4 Å². The average Bonchev–Trinajstić information content (AvgIpc) is 3.19. The number of nitriles is 1. The van der Waals surface area contributed by atoms with Gasteiger partial charge < -0.3 is 10.7 Å². The molecule has 7 heteroatoms. The third-order valence-electron chi connectivity index (χ3n) is 4.56. The first-order valence-corrected chi connectivity index (χ1v) is 9.02. The summed E-state index contributed by atoms with van der Waals surface area (Å²) in [5.41, 5.74) is 10.0. The number of nitrogens with zero attached hydrogens (tertiary/aromatic N) is 3. The molecule has 2 heterocycles. The predicted molar refractivity (Wildman–Crippen MR) is 112 cm³/mol. The number of hydrogen-bond donors (Lipinski definition) is 2. The van der Waals surface area contributed by atoms with Gasteiger partial charge in [0.1, 0.15) is 5.52 Å². The van der Waals surface area contributed by atoms with E-state index < -0.39 is 5.91 Å². The fraction of sp³-hybridized carbons (Fsp3) is 0. The summed E-state index contributed by atoms with van der Waals surface area (Å²) < 4.78 is 0. The second-order valence-corrected chi connectivity index (χ2v) is 6.53. The number of aromatic nitrogens is 3. The van der Waals surface area contributed by atoms with Crippen LogP contribution in [0.25, 0.3) is 28.5 Å². The van der Waals surface area contributed by atoms with Gasteiger partial charge in [-0.3, -0.25) is 9.59 Å². The molecule has 30 heavy (non-hydrogen) atoms. The molecule has 0 spiro atoms. The molecule has 0 aliphatic heterocycles. The monoisotopic (exact) mass is 393 g/mol. The first-order chi connectivity index (χ1) is 14.5. The molecule has 4 rings (SSSR count). The third kappa shape index (κ3) is 3.70. The Balaban J connectivity index is 1.62. The zero-order valence-electron chi connectivity index (χ0n) is 15.7. The summed E-state index contributed by atoms with van der Waals surface area (Å²) in [6.45, 7) is 0. The molecule has 3 N–H and O–H groups in total. The molecule has 2 aromatic carbocycles. The van der Waals surface area contributed by atoms with Crippen molar-refractivity contribution in [2.75, 3.05) is 0 Å². The van der Waals surface area contributed by atoms with Gasteiger partial charge in [-0.2, -0.15) is 5.26 Å². The molecule has 0 saturated carbocycles. The van der Waals surface area contributed by atoms with E-state index in [0.29, 0.717) is 39.1 Å². The Morgan fingerprint density at radius 3 is 2.33 bits per heavy atom. The summed E-state index contributed by atoms with van der Waals surface area (Å²) >= 11 is 0. The molecule has 2 aromatic heterocycles. The molecule has 0 saturated heterocycles. The molecule has 0 radical (unpaired) electrons. The smallest absolute Gasteiger partial charge is 0.241 e. The minimum absolute atomic E-state index is 0.128. The fourth-order valence-electron chi connectivity index (χ4n) is 3.00. The Hall–Kier alpha value is -4.57. The van der Waals surface area contributed by atoms with Crippen LogP contribution in [0.4, 0.5) is 0 Å². The standard InChI is InChI=1S/C23H15N5O2/c24-11-14-1-3-16(4-2-14)22(30)17-7-5-15(6-8-17)19-13-27-23-21(28-19)18(12-26-23)9-10-20(25)29/h1-10,12-13H,(H2,25,29)(H,26,27)/b10-9+. The van der Waals surface area contributed by atoms with Crippen molar-refractivity contribution >= 4 is 28.9 Å². The van der Waals surface area contributed by atoms with E-state index >= 15 is 0 Å². The van der Waals surface area contributed by atoms with E-state index in [1.807, 2.05) is 6.07 Å². The largest absolute Gasteiger partial charge is 0.366 e. The molecule has 0 aliphatic rings. The molecule has 0 fully saturated rings. The number of fused-ring (bicyclic) bond motifs is 1. The summed E-state index contributed by atoms with van der Waals surface area (Å²) in [6.07, 6.45) is 6.19. The van der Waals surface area contributed by atoms with Gasteiger partial charge in [0, 0.05) is 34.5 Å². The SMILES string of the molecule is N#Cc1ccc(C(=O)c2ccc(-c3cnc4[nH]cc(/C=C/C(N)=O)c4n3)cc2)cc1. The normalized spacial score (nSPS) is 10.9. The number of aromatic amines is 1. The van der Waals surface area contributed by atoms with Crippen molar-refractivity contribution in [2.45, 2.75) is 0 Å². The summed E-state index contributed by atoms with van der Waals surface area (Å²) in [5, 5.41) is 8.87. The van der Waals surface area contributed by atoms with Gasteiger partial charge in [-0.1, -0.05) is 24.3 Å². The molecule has 7 nitrogen and oxygen atoms in total. The Labute approximate surface area is 171 Å². The zero-order valence-corrected chi connectivity index (χ0v) is 15.7. The molecule has 4 aromatic rings. The maximum absolute atomic E-state index is 12.6. The van der Waals surface area contributed by atoms with Gasteiger partial charge in [0.25, 0.3) is 0 Å². The second kappa shape index (κ2) is 7.81. The van der Waals surface area contributed by atoms with Crippen LogP contribution in [-0.2, 0) is 4.79 Å². The number of carbonyl (C=O) groups excluding carboxylic acids is 2. The number of benzene rings is 2. The number of H-pyrrole nitrogens is 1. The van der Waals surface area contributed by atoms with Crippen molar-refractivity contribution in [1.29, 1.82) is 5.26 Å². The number of amides is 1. The highest BCUT2D eigenvalue weighted by Gasteiger charge is 2.11. The number of primary amides is 1. The first kappa shape index (κ1) is 18.8. The van der Waals surface area contributed by atoms with Crippen LogP contribution in [0.3, 0.4) is 0 Å². The fourth-order valence-corrected chi connectivity index (χ4v) is 3.00. The van der Waals surface area contributed by atoms with Gasteiger partial charge in [0.05, 0.1) is 23.5 Å². The lowest BCUT2D eigenvalue weighted by Gasteiger charge is -2.04. The lowest BCUT2D eigenvalue weighted by atomic mass is 10.0. The lowest BCUT2D eigenvalue weighted by Crippen LogP contribution is -2.05. The molecule has 144 valence electrons. The van der Waals surface area contributed by atoms with Crippen molar-refractivity contribution in [1.82, 2.24) is 15.0 Å². The lowest BCUT2D eigenvalue weighted by molar-refractivity contribution is -0.113. The number of hydrogen-bond acceptors (Lipinski definition) is 5. The maximum Gasteiger partial charge on any atom is 0.241 e. The van der Waals surface area contributed by atoms with Gasteiger partial charge in [-0.25, -0.2) is 9.97 Å². The number of carbonyl (C=O) groups is 2. The van der Waals surface area contributed by atoms with Crippen LogP contribution in [0, 0.1) is 11.3 Å². The number of nitrogens with one attached hydrogen (secondary N) is 1. The van der Waals surface area contributed by atoms with Crippen LogP contribution in [0.2, 0.25) is 0 Å². The predicted octanol–water partition coefficient (Wildman–Crippen LogP) is 3.23. The van der Waals surface area contributed by atoms with Gasteiger partial charge in [-0.15, -0.1) is 0 Å². The first-order valence-electron chi connectivity index (χ1n) is 9.02. The average molecular weight is 393 g/mol. The second-order valence-electron chi connectivity index (χ2n) is 6.53. The van der Waals surface area contributed by atoms with E-state index in [1.165, 1.54) is 6.08 Å². The highest BCUT2D eigenvalue weighted by Crippen LogP contribution is 2.23. The van der Waals surface area contributed by atoms with E-state index in [1.54, 1.807) is 67.0 Å². The van der Waals surface area contributed by atoms with E-state index in [-0.39, 0.29) is 5.78 Å². The minimum Gasteiger partial charge on any atom is -0.366 e. The molecule has 1 amide bonds. The van der Waals surface area contributed by atoms with Crippen LogP contribution >= 0.6 is 0 Å². The van der Waals surface area contributed by atoms with Crippen LogP contribution in [0.15, 0.2) is 67.0 Å². The number of nitrogens with two attached hydrogens (primary N) is 1. The van der Waals surface area contributed by atoms with E-state index in [0.717, 1.165) is 5.56 Å². The van der Waals surface area contributed by atoms with Crippen molar-refractivity contribution in [2.24, 2.45) is 5.73 Å². The molecule has 0 aliphatic carbocycles. The molecule has 0 bridgehead atoms. The highest BCUT2D eigenvalue weighted by molar-refractivity contribution is 6.09. The van der Waals surface area contributed by atoms with Crippen molar-refractivity contribution < 1.29 is 9.59 Å². The Morgan fingerprint density at radius 1 is 1.03 bits per heavy atom. The van der Waals surface area contributed by atoms with Gasteiger partial charge >= 0.3 is 0 Å². The molecule has 0 atom stereocenters. The number of ketones is 1. The zero-order chi connectivity index (χ0) is 21.1. The Bertz CT molecular complexity index is 1330. The van der Waals surface area contributed by atoms with E-state index in [2.05, 4.69) is 15.0 Å². The quantitative estimate of drug-likeness (QED) is 0.398. The van der Waals surface area contributed by atoms with Crippen LogP contribution < -0.4 is 5.73 Å². The van der Waals surface area contributed by atoms with Crippen LogP contribution in [0.5, 0.6) is 0 Å². The van der Waals surface area contributed by atoms with Crippen molar-refractivity contribution in [3.63, 3.8) is 0 Å². The number of rotatable bonds is 5. The third-order valence-corrected chi connectivity index (χ3v) is 4.56. The molecule has 0 unspecified atom stereocenters. The summed E-state index contributed by atoms with van der Waals surface area (Å²) in [5.74, 6) is -0.673. The van der Waals surface area contributed by atoms with Crippen molar-refractivity contribution in [3.8, 4) is 17.3 Å². The molecular formula is C23H15N5O2. The summed E-state index contributed by atoms with van der Waals surface area (Å²) in [4.78, 5) is 35.6. The van der Waals surface area contributed by atoms with Gasteiger partial charge in [-0.05, 0) is 30.3 Å². The topological polar surface area (TPSA) is 126 Å². The Kier molecular flexibility index (Phi) is 4.89.